The van der Waals surface area contributed by atoms with Crippen LogP contribution in [-0.4, -0.2) is 6.71 Å². The summed E-state index contributed by atoms with van der Waals surface area (Å²) < 4.78 is 28.2. The lowest BCUT2D eigenvalue weighted by Gasteiger charge is -2.42. The van der Waals surface area contributed by atoms with Crippen LogP contribution in [0.1, 0.15) is 100 Å². The SMILES string of the molecule is Cc1ccc(-c2cc3ccccc3o2)c(C)c1N1c2cc(C(C)C)cc3c2B(c2oc4ccc(C(C)(C)C)cc4c21)c1oc2ccc(C(C)(C)C)cc2c1N3c1c(C)ccc(-c2cc3ccccc3o2)c1C. The molecule has 13 rings (SSSR count). The van der Waals surface area contributed by atoms with Gasteiger partial charge >= 0.3 is 6.71 Å². The van der Waals surface area contributed by atoms with Gasteiger partial charge in [0, 0.05) is 44.0 Å². The molecular weight excluding hydrogens is 884 g/mol. The van der Waals surface area contributed by atoms with Crippen LogP contribution < -0.4 is 26.6 Å². The summed E-state index contributed by atoms with van der Waals surface area (Å²) in [6, 6.07) is 48.3. The summed E-state index contributed by atoms with van der Waals surface area (Å²) >= 11 is 0. The Morgan fingerprint density at radius 1 is 0.444 bits per heavy atom. The van der Waals surface area contributed by atoms with Crippen molar-refractivity contribution in [2.45, 2.75) is 99.8 Å². The number of rotatable bonds is 5. The van der Waals surface area contributed by atoms with E-state index in [2.05, 4.69) is 202 Å². The van der Waals surface area contributed by atoms with E-state index in [4.69, 9.17) is 17.7 Å². The van der Waals surface area contributed by atoms with Gasteiger partial charge in [0.2, 0.25) is 0 Å². The summed E-state index contributed by atoms with van der Waals surface area (Å²) in [6.07, 6.45) is 0. The van der Waals surface area contributed by atoms with Crippen LogP contribution in [0.4, 0.5) is 34.1 Å². The van der Waals surface area contributed by atoms with Crippen LogP contribution in [0, 0.1) is 27.7 Å². The van der Waals surface area contributed by atoms with Crippen LogP contribution in [0.2, 0.25) is 0 Å². The second-order valence-corrected chi connectivity index (χ2v) is 22.9. The standard InChI is InChI=1S/C65H59BN2O4/c1-35(2)42-29-49-57-50(30-42)68(59-37(4)22-26-46(39(59)6)56-32-41-18-14-16-20-52(41)70-56)61-48-34-44(65(10,11)12)24-28-54(48)72-63(61)66(57)62-60(47-33-43(64(7,8)9)23-27-53(47)71-62)67(49)58-36(3)21-25-45(38(58)5)55-31-40-17-13-15-19-51(40)69-55/h13-35H,1-12H3. The van der Waals surface area contributed by atoms with E-state index in [-0.39, 0.29) is 23.5 Å². The van der Waals surface area contributed by atoms with Gasteiger partial charge in [-0.3, -0.25) is 0 Å². The maximum absolute atomic E-state index is 7.45. The Kier molecular flexibility index (Phi) is 9.50. The minimum absolute atomic E-state index is 0.102. The van der Waals surface area contributed by atoms with Crippen molar-refractivity contribution in [1.29, 1.82) is 0 Å². The Labute approximate surface area is 421 Å². The molecule has 0 saturated carbocycles. The van der Waals surface area contributed by atoms with Gasteiger partial charge in [0.05, 0.1) is 22.7 Å². The van der Waals surface area contributed by atoms with Crippen LogP contribution in [0.25, 0.3) is 66.5 Å². The van der Waals surface area contributed by atoms with E-state index in [9.17, 15) is 0 Å². The van der Waals surface area contributed by atoms with Gasteiger partial charge in [0.25, 0.3) is 0 Å². The molecule has 7 aromatic carbocycles. The molecule has 6 nitrogen and oxygen atoms in total. The van der Waals surface area contributed by atoms with E-state index in [0.29, 0.717) is 0 Å². The molecule has 2 aliphatic rings. The third kappa shape index (κ3) is 6.48. The first kappa shape index (κ1) is 44.3. The highest BCUT2D eigenvalue weighted by molar-refractivity contribution is 6.99. The lowest BCUT2D eigenvalue weighted by atomic mass is 9.37. The van der Waals surface area contributed by atoms with E-state index in [1.165, 1.54) is 16.7 Å². The monoisotopic (exact) mass is 942 g/mol. The largest absolute Gasteiger partial charge is 0.468 e. The molecule has 4 aromatic heterocycles. The van der Waals surface area contributed by atoms with E-state index in [1.54, 1.807) is 0 Å². The van der Waals surface area contributed by atoms with Gasteiger partial charge in [-0.05, 0) is 150 Å². The highest BCUT2D eigenvalue weighted by atomic mass is 16.4. The number of nitrogens with zero attached hydrogens (tertiary/aromatic N) is 2. The Hall–Kier alpha value is -7.64. The minimum Gasteiger partial charge on any atom is -0.468 e. The third-order valence-electron chi connectivity index (χ3n) is 15.8. The van der Waals surface area contributed by atoms with E-state index in [1.807, 2.05) is 24.3 Å². The molecule has 11 aromatic rings. The lowest BCUT2D eigenvalue weighted by molar-refractivity contribution is 0.590. The van der Waals surface area contributed by atoms with Gasteiger partial charge in [-0.25, -0.2) is 0 Å². The van der Waals surface area contributed by atoms with Gasteiger partial charge in [-0.1, -0.05) is 128 Å². The Morgan fingerprint density at radius 2 is 0.875 bits per heavy atom. The number of hydrogen-bond acceptors (Lipinski definition) is 6. The Bertz CT molecular complexity index is 3750. The summed E-state index contributed by atoms with van der Waals surface area (Å²) in [5, 5.41) is 4.32. The Morgan fingerprint density at radius 3 is 1.28 bits per heavy atom. The number of furan rings is 4. The molecule has 0 unspecified atom stereocenters. The fourth-order valence-electron chi connectivity index (χ4n) is 11.8. The molecule has 2 aliphatic heterocycles. The van der Waals surface area contributed by atoms with Gasteiger partial charge in [-0.2, -0.15) is 0 Å². The van der Waals surface area contributed by atoms with Crippen molar-refractivity contribution in [2.75, 3.05) is 9.80 Å². The number of fused-ring (bicyclic) bond motifs is 10. The zero-order valence-electron chi connectivity index (χ0n) is 43.4. The smallest absolute Gasteiger partial charge is 0.342 e. The molecule has 0 N–H and O–H groups in total. The first-order valence-electron chi connectivity index (χ1n) is 25.5. The minimum atomic E-state index is -0.372. The van der Waals surface area contributed by atoms with E-state index >= 15 is 0 Å². The number of hydrogen-bond donors (Lipinski definition) is 0. The van der Waals surface area contributed by atoms with Crippen LogP contribution >= 0.6 is 0 Å². The van der Waals surface area contributed by atoms with Gasteiger partial charge in [0.15, 0.2) is 0 Å². The Balaban J connectivity index is 1.17. The molecule has 0 fully saturated rings. The fourth-order valence-corrected chi connectivity index (χ4v) is 11.8. The van der Waals surface area contributed by atoms with Crippen LogP contribution in [-0.2, 0) is 10.8 Å². The highest BCUT2D eigenvalue weighted by Gasteiger charge is 2.51. The van der Waals surface area contributed by atoms with Gasteiger partial charge in [0.1, 0.15) is 45.2 Å². The maximum atomic E-state index is 7.45. The predicted octanol–water partition coefficient (Wildman–Crippen LogP) is 17.0. The summed E-state index contributed by atoms with van der Waals surface area (Å²) in [6.45, 7) is 27.0. The van der Waals surface area contributed by atoms with Crippen LogP contribution in [0.5, 0.6) is 0 Å². The predicted molar refractivity (Wildman–Crippen MR) is 301 cm³/mol. The number of para-hydroxylation sites is 2. The summed E-state index contributed by atoms with van der Waals surface area (Å²) in [5.41, 5.74) is 23.0. The second kappa shape index (κ2) is 15.4. The van der Waals surface area contributed by atoms with Gasteiger partial charge in [-0.15, -0.1) is 0 Å². The van der Waals surface area contributed by atoms with Crippen molar-refractivity contribution in [2.24, 2.45) is 0 Å². The molecule has 0 aliphatic carbocycles. The van der Waals surface area contributed by atoms with Crippen molar-refractivity contribution in [1.82, 2.24) is 0 Å². The highest BCUT2D eigenvalue weighted by Crippen LogP contribution is 2.53. The van der Waals surface area contributed by atoms with E-state index in [0.717, 1.165) is 140 Å². The number of anilines is 6. The lowest BCUT2D eigenvalue weighted by Crippen LogP contribution is -2.60. The average Bonchev–Trinajstić information content (AvgIpc) is 4.14. The molecule has 6 heterocycles. The molecule has 72 heavy (non-hydrogen) atoms. The maximum Gasteiger partial charge on any atom is 0.342 e. The summed E-state index contributed by atoms with van der Waals surface area (Å²) in [4.78, 5) is 5.08. The van der Waals surface area contributed by atoms with Crippen molar-refractivity contribution >= 4 is 101 Å². The first-order valence-corrected chi connectivity index (χ1v) is 25.5. The first-order chi connectivity index (χ1) is 34.4. The third-order valence-corrected chi connectivity index (χ3v) is 15.8. The topological polar surface area (TPSA) is 59.0 Å². The van der Waals surface area contributed by atoms with Crippen molar-refractivity contribution < 1.29 is 17.7 Å². The van der Waals surface area contributed by atoms with Crippen molar-refractivity contribution in [3.63, 3.8) is 0 Å². The van der Waals surface area contributed by atoms with E-state index < -0.39 is 0 Å². The van der Waals surface area contributed by atoms with Crippen LogP contribution in [0.3, 0.4) is 0 Å². The molecule has 0 bridgehead atoms. The molecule has 7 heteroatoms. The molecule has 0 radical (unpaired) electrons. The van der Waals surface area contributed by atoms with Crippen LogP contribution in [0.15, 0.2) is 151 Å². The summed E-state index contributed by atoms with van der Waals surface area (Å²) in [5.74, 6) is 1.89. The average molecular weight is 943 g/mol. The fraction of sp³-hybridized carbons (Fsp3) is 0.231. The quantitative estimate of drug-likeness (QED) is 0.160. The molecule has 0 amide bonds. The second-order valence-electron chi connectivity index (χ2n) is 22.9. The van der Waals surface area contributed by atoms with Crippen molar-refractivity contribution in [3.05, 3.63) is 172 Å². The number of aryl methyl sites for hydroxylation is 2. The molecule has 0 atom stereocenters. The molecular formula is C65H59BN2O4. The zero-order chi connectivity index (χ0) is 49.9. The van der Waals surface area contributed by atoms with Gasteiger partial charge < -0.3 is 27.5 Å². The molecule has 0 spiro atoms. The summed E-state index contributed by atoms with van der Waals surface area (Å²) in [7, 11) is 0. The zero-order valence-corrected chi connectivity index (χ0v) is 43.4. The number of benzene rings is 7. The molecule has 0 saturated heterocycles. The van der Waals surface area contributed by atoms with Crippen molar-refractivity contribution in [3.8, 4) is 22.6 Å². The normalized spacial score (nSPS) is 13.6. The molecule has 356 valence electrons.